The number of rotatable bonds is 11. The first-order chi connectivity index (χ1) is 21.6. The molecule has 0 saturated carbocycles. The van der Waals surface area contributed by atoms with Crippen LogP contribution in [-0.2, 0) is 26.5 Å². The Kier molecular flexibility index (Phi) is 9.87. The molecule has 0 bridgehead atoms. The van der Waals surface area contributed by atoms with E-state index in [-0.39, 0.29) is 43.0 Å². The first-order valence-corrected chi connectivity index (χ1v) is 14.1. The van der Waals surface area contributed by atoms with Crippen LogP contribution in [0.15, 0.2) is 63.9 Å². The minimum absolute atomic E-state index is 0.0256. The summed E-state index contributed by atoms with van der Waals surface area (Å²) in [6.07, 6.45) is -3.19. The molecule has 3 aromatic rings. The van der Waals surface area contributed by atoms with E-state index in [1.54, 1.807) is 52.0 Å². The van der Waals surface area contributed by atoms with Crippen LogP contribution >= 0.6 is 0 Å². The highest BCUT2D eigenvalue weighted by atomic mass is 19.4. The Hall–Kier alpha value is -5.15. The molecule has 1 aliphatic rings. The fraction of sp³-hybridized carbons (Fsp3) is 0.400. The maximum atomic E-state index is 13.2. The predicted molar refractivity (Wildman–Crippen MR) is 158 cm³/mol. The molecule has 13 nitrogen and oxygen atoms in total. The second kappa shape index (κ2) is 13.5. The van der Waals surface area contributed by atoms with Gasteiger partial charge < -0.3 is 9.64 Å². The van der Waals surface area contributed by atoms with Crippen LogP contribution in [0.4, 0.5) is 13.2 Å². The molecule has 46 heavy (non-hydrogen) atoms. The Morgan fingerprint density at radius 2 is 1.54 bits per heavy atom. The molecule has 0 fully saturated rings. The van der Waals surface area contributed by atoms with Crippen LogP contribution in [0.3, 0.4) is 0 Å². The average molecular weight is 640 g/mol. The molecular weight excluding hydrogens is 607 g/mol. The number of carbonyl (C=O) groups excluding carboxylic acids is 3. The van der Waals surface area contributed by atoms with Crippen molar-refractivity contribution in [2.45, 2.75) is 64.5 Å². The summed E-state index contributed by atoms with van der Waals surface area (Å²) in [4.78, 5) is 39.9. The number of benzene rings is 2. The van der Waals surface area contributed by atoms with Gasteiger partial charge in [-0.25, -0.2) is 5.01 Å². The average Bonchev–Trinajstić information content (AvgIpc) is 3.81. The zero-order chi connectivity index (χ0) is 33.7. The van der Waals surface area contributed by atoms with Crippen molar-refractivity contribution in [2.75, 3.05) is 13.6 Å². The molecule has 1 aliphatic heterocycles. The summed E-state index contributed by atoms with van der Waals surface area (Å²) >= 11 is 0. The predicted octanol–water partition coefficient (Wildman–Crippen LogP) is 4.63. The maximum absolute atomic E-state index is 13.2. The highest BCUT2D eigenvalue weighted by molar-refractivity contribution is 5.94. The van der Waals surface area contributed by atoms with E-state index in [4.69, 9.17) is 4.74 Å². The van der Waals surface area contributed by atoms with Crippen LogP contribution in [0.5, 0.6) is 0 Å². The highest BCUT2D eigenvalue weighted by Gasteiger charge is 2.65. The smallest absolute Gasteiger partial charge is 0.442 e. The number of nitrogens with zero attached hydrogens (tertiary/aromatic N) is 9. The summed E-state index contributed by atoms with van der Waals surface area (Å²) in [7, 11) is 1.38. The van der Waals surface area contributed by atoms with Gasteiger partial charge in [-0.05, 0) is 51.8 Å². The van der Waals surface area contributed by atoms with Gasteiger partial charge in [-0.1, -0.05) is 36.4 Å². The lowest BCUT2D eigenvalue weighted by Gasteiger charge is -2.25. The van der Waals surface area contributed by atoms with Gasteiger partial charge in [0.2, 0.25) is 11.7 Å². The molecule has 0 atom stereocenters. The molecule has 16 heteroatoms. The fourth-order valence-electron chi connectivity index (χ4n) is 4.19. The topological polar surface area (TPSA) is 156 Å². The molecular formula is C30H32F3N9O4. The van der Waals surface area contributed by atoms with E-state index in [0.717, 1.165) is 22.7 Å². The third-order valence-corrected chi connectivity index (χ3v) is 6.52. The lowest BCUT2D eigenvalue weighted by atomic mass is 10.0. The van der Waals surface area contributed by atoms with Gasteiger partial charge in [-0.15, -0.1) is 30.6 Å². The lowest BCUT2D eigenvalue weighted by molar-refractivity contribution is -0.166. The van der Waals surface area contributed by atoms with E-state index in [9.17, 15) is 27.6 Å². The number of ether oxygens (including phenoxy) is 1. The largest absolute Gasteiger partial charge is 0.459 e. The number of esters is 1. The number of amides is 2. The maximum Gasteiger partial charge on any atom is 0.442 e. The number of hydrazone groups is 1. The van der Waals surface area contributed by atoms with E-state index in [1.165, 1.54) is 30.3 Å². The van der Waals surface area contributed by atoms with E-state index < -0.39 is 29.3 Å². The molecule has 1 aromatic heterocycles. The van der Waals surface area contributed by atoms with Crippen LogP contribution in [0.1, 0.15) is 60.9 Å². The zero-order valence-electron chi connectivity index (χ0n) is 25.8. The number of hydrogen-bond acceptors (Lipinski definition) is 11. The first-order valence-electron chi connectivity index (χ1n) is 14.1. The van der Waals surface area contributed by atoms with E-state index in [0.29, 0.717) is 17.2 Å². The van der Waals surface area contributed by atoms with Gasteiger partial charge in [0.1, 0.15) is 12.1 Å². The summed E-state index contributed by atoms with van der Waals surface area (Å²) in [5.74, 6) is -0.706. The third-order valence-electron chi connectivity index (χ3n) is 6.52. The quantitative estimate of drug-likeness (QED) is 0.167. The highest BCUT2D eigenvalue weighted by Crippen LogP contribution is 2.52. The Morgan fingerprint density at radius 1 is 0.935 bits per heavy atom. The standard InChI is InChI=1S/C30H32F3N9O4/c1-19-35-37-26(38-36-19)21-10-8-20(9-11-21)17-42(18-25(44)46-28(2,3)4)24(43)7-6-16-34-41(5)27(45)22-12-14-23(15-13-22)29(39-40-29)30(31,32)33/h8-16H,6-7,17-18H2,1-5H3. The second-order valence-electron chi connectivity index (χ2n) is 11.4. The monoisotopic (exact) mass is 639 g/mol. The van der Waals surface area contributed by atoms with E-state index >= 15 is 0 Å². The molecule has 0 radical (unpaired) electrons. The molecule has 0 spiro atoms. The van der Waals surface area contributed by atoms with Crippen LogP contribution in [-0.4, -0.2) is 79.7 Å². The molecule has 2 aromatic carbocycles. The van der Waals surface area contributed by atoms with Crippen LogP contribution < -0.4 is 0 Å². The molecule has 2 amide bonds. The first kappa shape index (κ1) is 33.7. The van der Waals surface area contributed by atoms with Gasteiger partial charge in [0, 0.05) is 42.9 Å². The van der Waals surface area contributed by atoms with Crippen molar-refractivity contribution in [2.24, 2.45) is 15.3 Å². The molecule has 4 rings (SSSR count). The molecule has 0 N–H and O–H groups in total. The van der Waals surface area contributed by atoms with Crippen LogP contribution in [0.25, 0.3) is 11.4 Å². The van der Waals surface area contributed by atoms with Crippen molar-refractivity contribution >= 4 is 24.0 Å². The summed E-state index contributed by atoms with van der Waals surface area (Å²) in [5, 5.41) is 27.2. The Balaban J connectivity index is 1.36. The van der Waals surface area contributed by atoms with E-state index in [2.05, 4.69) is 35.7 Å². The summed E-state index contributed by atoms with van der Waals surface area (Å²) < 4.78 is 45.1. The summed E-state index contributed by atoms with van der Waals surface area (Å²) in [5.41, 5.74) is -1.98. The number of alkyl halides is 3. The second-order valence-corrected chi connectivity index (χ2v) is 11.4. The number of carbonyl (C=O) groups is 3. The number of aromatic nitrogens is 4. The Morgan fingerprint density at radius 3 is 2.09 bits per heavy atom. The van der Waals surface area contributed by atoms with Crippen molar-refractivity contribution in [3.05, 3.63) is 71.0 Å². The van der Waals surface area contributed by atoms with Gasteiger partial charge in [-0.2, -0.15) is 18.3 Å². The van der Waals surface area contributed by atoms with Crippen LogP contribution in [0.2, 0.25) is 0 Å². The Bertz CT molecular complexity index is 1610. The minimum atomic E-state index is -4.67. The SMILES string of the molecule is Cc1nnc(-c2ccc(CN(CC(=O)OC(C)(C)C)C(=O)CCC=NN(C)C(=O)c3ccc(C4(C(F)(F)F)N=N4)cc3)cc2)nn1. The van der Waals surface area contributed by atoms with Gasteiger partial charge in [0.25, 0.3) is 5.91 Å². The normalized spacial score (nSPS) is 13.8. The zero-order valence-corrected chi connectivity index (χ0v) is 25.8. The number of hydrogen-bond donors (Lipinski definition) is 0. The molecule has 0 saturated heterocycles. The molecule has 0 aliphatic carbocycles. The van der Waals surface area contributed by atoms with Crippen LogP contribution in [0, 0.1) is 6.92 Å². The van der Waals surface area contributed by atoms with Gasteiger partial charge in [0.05, 0.1) is 0 Å². The van der Waals surface area contributed by atoms with Crippen molar-refractivity contribution in [3.63, 3.8) is 0 Å². The van der Waals surface area contributed by atoms with Crippen molar-refractivity contribution in [1.82, 2.24) is 30.3 Å². The number of halogens is 3. The van der Waals surface area contributed by atoms with Crippen molar-refractivity contribution in [1.29, 1.82) is 0 Å². The lowest BCUT2D eigenvalue weighted by Crippen LogP contribution is -2.38. The van der Waals surface area contributed by atoms with Gasteiger partial charge in [0.15, 0.2) is 5.82 Å². The van der Waals surface area contributed by atoms with Crippen molar-refractivity contribution < 1.29 is 32.3 Å². The fourth-order valence-corrected chi connectivity index (χ4v) is 4.19. The summed E-state index contributed by atoms with van der Waals surface area (Å²) in [6.45, 7) is 6.70. The minimum Gasteiger partial charge on any atom is -0.459 e. The summed E-state index contributed by atoms with van der Waals surface area (Å²) in [6, 6.07) is 11.9. The van der Waals surface area contributed by atoms with E-state index in [1.807, 2.05) is 0 Å². The van der Waals surface area contributed by atoms with Gasteiger partial charge in [-0.3, -0.25) is 14.4 Å². The van der Waals surface area contributed by atoms with Crippen molar-refractivity contribution in [3.8, 4) is 11.4 Å². The molecule has 0 unspecified atom stereocenters. The molecule has 2 heterocycles. The Labute approximate surface area is 262 Å². The number of aryl methyl sites for hydroxylation is 1. The molecule has 242 valence electrons. The van der Waals surface area contributed by atoms with Gasteiger partial charge >= 0.3 is 17.8 Å². The third kappa shape index (κ3) is 8.51.